The molecule has 1 unspecified atom stereocenters. The molecule has 0 aliphatic heterocycles. The maximum absolute atomic E-state index is 12.9. The molecule has 0 saturated carbocycles. The van der Waals surface area contributed by atoms with Crippen LogP contribution in [0.4, 0.5) is 8.78 Å². The average Bonchev–Trinajstić information content (AvgIpc) is 2.25. The minimum absolute atomic E-state index is 0.0830. The third-order valence-corrected chi connectivity index (χ3v) is 2.35. The standard InChI is InChI=1S/C9H15F2N/c1-3-7-4-9(10,11)5-8(7)6(2)12/h6H,3-5,12H2,1-2H3. The summed E-state index contributed by atoms with van der Waals surface area (Å²) in [6.07, 6.45) is 0.487. The SMILES string of the molecule is CCC1=C(C(C)N)CC(F)(F)C1. The maximum Gasteiger partial charge on any atom is 0.255 e. The van der Waals surface area contributed by atoms with Crippen LogP contribution in [0.3, 0.4) is 0 Å². The predicted molar refractivity (Wildman–Crippen MR) is 45.1 cm³/mol. The monoisotopic (exact) mass is 175 g/mol. The summed E-state index contributed by atoms with van der Waals surface area (Å²) >= 11 is 0. The molecule has 0 spiro atoms. The van der Waals surface area contributed by atoms with Gasteiger partial charge in [-0.3, -0.25) is 0 Å². The lowest BCUT2D eigenvalue weighted by molar-refractivity contribution is 0.0115. The van der Waals surface area contributed by atoms with E-state index in [-0.39, 0.29) is 18.9 Å². The lowest BCUT2D eigenvalue weighted by Gasteiger charge is -2.10. The van der Waals surface area contributed by atoms with Crippen molar-refractivity contribution in [3.8, 4) is 0 Å². The second kappa shape index (κ2) is 3.13. The smallest absolute Gasteiger partial charge is 0.255 e. The number of allylic oxidation sites excluding steroid dienone is 1. The van der Waals surface area contributed by atoms with E-state index >= 15 is 0 Å². The first-order valence-electron chi connectivity index (χ1n) is 4.30. The number of hydrogen-bond donors (Lipinski definition) is 1. The fourth-order valence-electron chi connectivity index (χ4n) is 1.73. The molecule has 0 heterocycles. The Balaban J connectivity index is 2.80. The van der Waals surface area contributed by atoms with Gasteiger partial charge in [0.25, 0.3) is 5.92 Å². The minimum Gasteiger partial charge on any atom is -0.324 e. The van der Waals surface area contributed by atoms with E-state index < -0.39 is 5.92 Å². The van der Waals surface area contributed by atoms with E-state index in [4.69, 9.17) is 5.73 Å². The van der Waals surface area contributed by atoms with Crippen LogP contribution in [-0.2, 0) is 0 Å². The molecule has 1 aliphatic carbocycles. The lowest BCUT2D eigenvalue weighted by atomic mass is 10.0. The molecule has 0 aromatic rings. The third-order valence-electron chi connectivity index (χ3n) is 2.35. The Hall–Kier alpha value is -0.440. The summed E-state index contributed by atoms with van der Waals surface area (Å²) in [5, 5.41) is 0. The first-order chi connectivity index (χ1) is 5.46. The van der Waals surface area contributed by atoms with Gasteiger partial charge in [0.2, 0.25) is 0 Å². The van der Waals surface area contributed by atoms with Gasteiger partial charge in [-0.1, -0.05) is 12.5 Å². The second-order valence-electron chi connectivity index (χ2n) is 3.48. The van der Waals surface area contributed by atoms with Crippen LogP contribution < -0.4 is 5.73 Å². The van der Waals surface area contributed by atoms with Gasteiger partial charge in [-0.05, 0) is 18.9 Å². The van der Waals surface area contributed by atoms with Crippen LogP contribution in [0.15, 0.2) is 11.1 Å². The van der Waals surface area contributed by atoms with E-state index in [1.807, 2.05) is 6.92 Å². The molecule has 3 heteroatoms. The van der Waals surface area contributed by atoms with Crippen LogP contribution in [0.2, 0.25) is 0 Å². The molecule has 1 rings (SSSR count). The summed E-state index contributed by atoms with van der Waals surface area (Å²) in [6.45, 7) is 3.67. The Morgan fingerprint density at radius 2 is 2.08 bits per heavy atom. The van der Waals surface area contributed by atoms with Gasteiger partial charge in [-0.15, -0.1) is 0 Å². The van der Waals surface area contributed by atoms with E-state index in [9.17, 15) is 8.78 Å². The summed E-state index contributed by atoms with van der Waals surface area (Å²) in [5.41, 5.74) is 7.22. The molecule has 12 heavy (non-hydrogen) atoms. The van der Waals surface area contributed by atoms with Crippen LogP contribution in [-0.4, -0.2) is 12.0 Å². The normalized spacial score (nSPS) is 24.8. The third kappa shape index (κ3) is 1.83. The van der Waals surface area contributed by atoms with Crippen LogP contribution >= 0.6 is 0 Å². The van der Waals surface area contributed by atoms with E-state index in [2.05, 4.69) is 0 Å². The van der Waals surface area contributed by atoms with Crippen LogP contribution in [0.5, 0.6) is 0 Å². The summed E-state index contributed by atoms with van der Waals surface area (Å²) < 4.78 is 25.8. The summed E-state index contributed by atoms with van der Waals surface area (Å²) in [5.74, 6) is -2.53. The number of alkyl halides is 2. The van der Waals surface area contributed by atoms with Crippen molar-refractivity contribution in [3.05, 3.63) is 11.1 Å². The molecule has 70 valence electrons. The summed E-state index contributed by atoms with van der Waals surface area (Å²) in [6, 6.07) is -0.215. The van der Waals surface area contributed by atoms with Crippen LogP contribution in [0.1, 0.15) is 33.1 Å². The molecule has 0 radical (unpaired) electrons. The van der Waals surface area contributed by atoms with Crippen LogP contribution in [0.25, 0.3) is 0 Å². The first kappa shape index (κ1) is 9.65. The number of rotatable bonds is 2. The largest absolute Gasteiger partial charge is 0.324 e. The topological polar surface area (TPSA) is 26.0 Å². The maximum atomic E-state index is 12.9. The highest BCUT2D eigenvalue weighted by atomic mass is 19.3. The first-order valence-corrected chi connectivity index (χ1v) is 4.30. The molecule has 0 amide bonds. The second-order valence-corrected chi connectivity index (χ2v) is 3.48. The fourth-order valence-corrected chi connectivity index (χ4v) is 1.73. The highest BCUT2D eigenvalue weighted by Crippen LogP contribution is 2.41. The summed E-state index contributed by atoms with van der Waals surface area (Å²) in [7, 11) is 0. The molecular weight excluding hydrogens is 160 g/mol. The highest BCUT2D eigenvalue weighted by molar-refractivity contribution is 5.27. The quantitative estimate of drug-likeness (QED) is 0.641. The molecular formula is C9H15F2N. The molecule has 0 aromatic heterocycles. The molecule has 2 N–H and O–H groups in total. The molecule has 0 aromatic carbocycles. The van der Waals surface area contributed by atoms with Crippen molar-refractivity contribution in [1.29, 1.82) is 0 Å². The van der Waals surface area contributed by atoms with E-state index in [0.717, 1.165) is 11.1 Å². The molecule has 1 nitrogen and oxygen atoms in total. The zero-order valence-corrected chi connectivity index (χ0v) is 7.53. The minimum atomic E-state index is -2.53. The molecule has 1 aliphatic rings. The van der Waals surface area contributed by atoms with Gasteiger partial charge < -0.3 is 5.73 Å². The van der Waals surface area contributed by atoms with Crippen molar-refractivity contribution in [2.24, 2.45) is 5.73 Å². The number of halogens is 2. The van der Waals surface area contributed by atoms with Gasteiger partial charge in [0.1, 0.15) is 0 Å². The highest BCUT2D eigenvalue weighted by Gasteiger charge is 2.38. The van der Waals surface area contributed by atoms with Crippen molar-refractivity contribution in [3.63, 3.8) is 0 Å². The van der Waals surface area contributed by atoms with E-state index in [1.165, 1.54) is 0 Å². The number of hydrogen-bond acceptors (Lipinski definition) is 1. The fraction of sp³-hybridized carbons (Fsp3) is 0.778. The van der Waals surface area contributed by atoms with E-state index in [1.54, 1.807) is 6.92 Å². The summed E-state index contributed by atoms with van der Waals surface area (Å²) in [4.78, 5) is 0. The predicted octanol–water partition coefficient (Wildman–Crippen LogP) is 2.47. The Morgan fingerprint density at radius 3 is 2.42 bits per heavy atom. The Bertz CT molecular complexity index is 207. The Morgan fingerprint density at radius 1 is 1.50 bits per heavy atom. The van der Waals surface area contributed by atoms with Crippen molar-refractivity contribution in [2.45, 2.75) is 45.1 Å². The van der Waals surface area contributed by atoms with Crippen molar-refractivity contribution in [1.82, 2.24) is 0 Å². The van der Waals surface area contributed by atoms with Gasteiger partial charge in [0.15, 0.2) is 0 Å². The molecule has 1 atom stereocenters. The molecule has 0 saturated heterocycles. The zero-order valence-electron chi connectivity index (χ0n) is 7.53. The van der Waals surface area contributed by atoms with Gasteiger partial charge >= 0.3 is 0 Å². The van der Waals surface area contributed by atoms with Gasteiger partial charge in [-0.25, -0.2) is 8.78 Å². The lowest BCUT2D eigenvalue weighted by Crippen LogP contribution is -2.20. The number of nitrogens with two attached hydrogens (primary N) is 1. The average molecular weight is 175 g/mol. The molecule has 0 bridgehead atoms. The van der Waals surface area contributed by atoms with E-state index in [0.29, 0.717) is 6.42 Å². The zero-order chi connectivity index (χ0) is 9.35. The van der Waals surface area contributed by atoms with Crippen LogP contribution in [0, 0.1) is 0 Å². The molecule has 0 fully saturated rings. The Kier molecular flexibility index (Phi) is 2.52. The van der Waals surface area contributed by atoms with Crippen molar-refractivity contribution >= 4 is 0 Å². The van der Waals surface area contributed by atoms with Crippen molar-refractivity contribution < 1.29 is 8.78 Å². The van der Waals surface area contributed by atoms with Crippen molar-refractivity contribution in [2.75, 3.05) is 0 Å². The van der Waals surface area contributed by atoms with Gasteiger partial charge in [0.05, 0.1) is 0 Å². The van der Waals surface area contributed by atoms with Gasteiger partial charge in [-0.2, -0.15) is 0 Å². The van der Waals surface area contributed by atoms with Gasteiger partial charge in [0, 0.05) is 18.9 Å². The Labute approximate surface area is 71.6 Å².